The first-order chi connectivity index (χ1) is 14.2. The highest BCUT2D eigenvalue weighted by Crippen LogP contribution is 2.28. The van der Waals surface area contributed by atoms with E-state index in [2.05, 4.69) is 26.2 Å². The number of nitrogens with zero attached hydrogens (tertiary/aromatic N) is 4. The monoisotopic (exact) mass is 410 g/mol. The van der Waals surface area contributed by atoms with Gasteiger partial charge < -0.3 is 14.8 Å². The van der Waals surface area contributed by atoms with Gasteiger partial charge in [-0.15, -0.1) is 5.10 Å². The third-order valence-electron chi connectivity index (χ3n) is 3.81. The summed E-state index contributed by atoms with van der Waals surface area (Å²) < 4.78 is 12.0. The fourth-order valence-corrected chi connectivity index (χ4v) is 2.57. The van der Waals surface area contributed by atoms with E-state index in [0.717, 1.165) is 0 Å². The third-order valence-corrected chi connectivity index (χ3v) is 3.81. The topological polar surface area (TPSA) is 120 Å². The number of benzene rings is 2. The molecule has 0 aliphatic rings. The van der Waals surface area contributed by atoms with Gasteiger partial charge in [0.2, 0.25) is 0 Å². The van der Waals surface area contributed by atoms with Crippen molar-refractivity contribution in [3.05, 3.63) is 54.4 Å². The maximum absolute atomic E-state index is 12.7. The molecule has 0 fully saturated rings. The molecule has 0 atom stereocenters. The Balaban J connectivity index is 1.77. The molecular formula is C20H22N6O4. The van der Waals surface area contributed by atoms with Crippen molar-refractivity contribution in [2.45, 2.75) is 26.4 Å². The van der Waals surface area contributed by atoms with E-state index < -0.39 is 11.7 Å². The van der Waals surface area contributed by atoms with Gasteiger partial charge in [-0.05, 0) is 67.6 Å². The van der Waals surface area contributed by atoms with Crippen LogP contribution < -0.4 is 15.4 Å². The summed E-state index contributed by atoms with van der Waals surface area (Å²) in [5, 5.41) is 16.4. The molecule has 1 heterocycles. The average Bonchev–Trinajstić information content (AvgIpc) is 3.22. The molecule has 0 radical (unpaired) electrons. The fourth-order valence-electron chi connectivity index (χ4n) is 2.57. The van der Waals surface area contributed by atoms with Crippen LogP contribution in [0.3, 0.4) is 0 Å². The van der Waals surface area contributed by atoms with Crippen LogP contribution in [0.1, 0.15) is 31.1 Å². The van der Waals surface area contributed by atoms with Gasteiger partial charge >= 0.3 is 6.09 Å². The third kappa shape index (κ3) is 5.31. The number of anilines is 2. The first-order valence-electron chi connectivity index (χ1n) is 9.08. The zero-order valence-corrected chi connectivity index (χ0v) is 17.0. The summed E-state index contributed by atoms with van der Waals surface area (Å²) in [6.07, 6.45) is 0.813. The second kappa shape index (κ2) is 8.60. The predicted octanol–water partition coefficient (Wildman–Crippen LogP) is 3.27. The Kier molecular flexibility index (Phi) is 5.95. The smallest absolute Gasteiger partial charge is 0.412 e. The second-order valence-corrected chi connectivity index (χ2v) is 7.30. The van der Waals surface area contributed by atoms with Gasteiger partial charge in [0, 0.05) is 11.3 Å². The number of hydrogen-bond donors (Lipinski definition) is 2. The Bertz CT molecular complexity index is 1040. The lowest BCUT2D eigenvalue weighted by atomic mass is 10.1. The van der Waals surface area contributed by atoms with Crippen LogP contribution in [0.2, 0.25) is 0 Å². The van der Waals surface area contributed by atoms with E-state index in [1.807, 2.05) is 0 Å². The quantitative estimate of drug-likeness (QED) is 0.662. The molecule has 0 bridgehead atoms. The minimum atomic E-state index is -0.645. The van der Waals surface area contributed by atoms with Crippen LogP contribution in [0.4, 0.5) is 16.2 Å². The van der Waals surface area contributed by atoms with Crippen molar-refractivity contribution in [3.63, 3.8) is 0 Å². The number of carbonyl (C=O) groups is 2. The summed E-state index contributed by atoms with van der Waals surface area (Å²) in [6, 6.07) is 11.7. The van der Waals surface area contributed by atoms with E-state index in [4.69, 9.17) is 9.47 Å². The van der Waals surface area contributed by atoms with Crippen LogP contribution in [0, 0.1) is 0 Å². The lowest BCUT2D eigenvalue weighted by molar-refractivity contribution is 0.0635. The van der Waals surface area contributed by atoms with E-state index in [1.165, 1.54) is 18.1 Å². The molecule has 3 rings (SSSR count). The Morgan fingerprint density at radius 1 is 1.07 bits per heavy atom. The highest BCUT2D eigenvalue weighted by molar-refractivity contribution is 6.05. The van der Waals surface area contributed by atoms with Gasteiger partial charge in [-0.1, -0.05) is 6.07 Å². The SMILES string of the molecule is COc1ccc(NC(=O)c2cccc(-n3cnnn3)c2)cc1NC(=O)OC(C)(C)C. The molecule has 2 amide bonds. The van der Waals surface area contributed by atoms with Crippen LogP contribution in [0.25, 0.3) is 5.69 Å². The van der Waals surface area contributed by atoms with E-state index in [0.29, 0.717) is 28.4 Å². The number of ether oxygens (including phenoxy) is 2. The largest absolute Gasteiger partial charge is 0.495 e. The number of carbonyl (C=O) groups excluding carboxylic acids is 2. The number of amides is 2. The molecule has 0 saturated heterocycles. The molecule has 0 saturated carbocycles. The van der Waals surface area contributed by atoms with Gasteiger partial charge in [0.25, 0.3) is 5.91 Å². The van der Waals surface area contributed by atoms with Gasteiger partial charge in [-0.25, -0.2) is 9.48 Å². The molecule has 0 aliphatic heterocycles. The van der Waals surface area contributed by atoms with Crippen LogP contribution in [-0.2, 0) is 4.74 Å². The van der Waals surface area contributed by atoms with E-state index in [-0.39, 0.29) is 5.91 Å². The molecule has 3 aromatic rings. The van der Waals surface area contributed by atoms with Crippen molar-refractivity contribution in [1.29, 1.82) is 0 Å². The van der Waals surface area contributed by atoms with Crippen LogP contribution in [-0.4, -0.2) is 44.9 Å². The van der Waals surface area contributed by atoms with Crippen molar-refractivity contribution in [1.82, 2.24) is 20.2 Å². The van der Waals surface area contributed by atoms with Crippen molar-refractivity contribution in [2.75, 3.05) is 17.7 Å². The van der Waals surface area contributed by atoms with Crippen LogP contribution >= 0.6 is 0 Å². The number of hydrogen-bond acceptors (Lipinski definition) is 7. The fraction of sp³-hybridized carbons (Fsp3) is 0.250. The number of tetrazole rings is 1. The number of aromatic nitrogens is 4. The van der Waals surface area contributed by atoms with Crippen molar-refractivity contribution in [2.24, 2.45) is 0 Å². The van der Waals surface area contributed by atoms with Crippen LogP contribution in [0.15, 0.2) is 48.8 Å². The summed E-state index contributed by atoms with van der Waals surface area (Å²) >= 11 is 0. The molecule has 10 nitrogen and oxygen atoms in total. The highest BCUT2D eigenvalue weighted by Gasteiger charge is 2.18. The first kappa shape index (κ1) is 20.8. The molecule has 2 aromatic carbocycles. The van der Waals surface area contributed by atoms with Crippen molar-refractivity contribution >= 4 is 23.4 Å². The summed E-state index contributed by atoms with van der Waals surface area (Å²) in [4.78, 5) is 24.8. The van der Waals surface area contributed by atoms with Gasteiger partial charge in [0.15, 0.2) is 0 Å². The lowest BCUT2D eigenvalue weighted by Gasteiger charge is -2.20. The molecule has 30 heavy (non-hydrogen) atoms. The Morgan fingerprint density at radius 2 is 1.87 bits per heavy atom. The summed E-state index contributed by atoms with van der Waals surface area (Å²) in [5.41, 5.74) is 1.26. The summed E-state index contributed by atoms with van der Waals surface area (Å²) in [6.45, 7) is 5.30. The molecule has 10 heteroatoms. The van der Waals surface area contributed by atoms with Crippen LogP contribution in [0.5, 0.6) is 5.75 Å². The van der Waals surface area contributed by atoms with Gasteiger partial charge in [-0.2, -0.15) is 0 Å². The summed E-state index contributed by atoms with van der Waals surface area (Å²) in [7, 11) is 1.48. The Labute approximate surface area is 173 Å². The molecule has 156 valence electrons. The van der Waals surface area contributed by atoms with Gasteiger partial charge in [-0.3, -0.25) is 10.1 Å². The Hall–Kier alpha value is -3.95. The molecule has 0 spiro atoms. The number of methoxy groups -OCH3 is 1. The minimum absolute atomic E-state index is 0.335. The highest BCUT2D eigenvalue weighted by atomic mass is 16.6. The summed E-state index contributed by atoms with van der Waals surface area (Å²) in [5.74, 6) is 0.0952. The van der Waals surface area contributed by atoms with E-state index >= 15 is 0 Å². The zero-order chi connectivity index (χ0) is 21.7. The minimum Gasteiger partial charge on any atom is -0.495 e. The second-order valence-electron chi connectivity index (χ2n) is 7.30. The zero-order valence-electron chi connectivity index (χ0n) is 17.0. The number of nitrogens with one attached hydrogen (secondary N) is 2. The normalized spacial score (nSPS) is 10.9. The van der Waals surface area contributed by atoms with Crippen molar-refractivity contribution < 1.29 is 19.1 Å². The molecule has 2 N–H and O–H groups in total. The molecule has 0 unspecified atom stereocenters. The number of rotatable bonds is 5. The van der Waals surface area contributed by atoms with E-state index in [9.17, 15) is 9.59 Å². The Morgan fingerprint density at radius 3 is 2.53 bits per heavy atom. The lowest BCUT2D eigenvalue weighted by Crippen LogP contribution is -2.27. The molecular weight excluding hydrogens is 388 g/mol. The molecule has 0 aliphatic carbocycles. The van der Waals surface area contributed by atoms with Gasteiger partial charge in [0.1, 0.15) is 17.7 Å². The maximum atomic E-state index is 12.7. The predicted molar refractivity (Wildman–Crippen MR) is 110 cm³/mol. The van der Waals surface area contributed by atoms with E-state index in [1.54, 1.807) is 63.2 Å². The maximum Gasteiger partial charge on any atom is 0.412 e. The standard InChI is InChI=1S/C20H22N6O4/c1-20(2,3)30-19(28)23-16-11-14(8-9-17(16)29-4)22-18(27)13-6-5-7-15(10-13)26-12-21-24-25-26/h5-12H,1-4H3,(H,22,27)(H,23,28). The first-order valence-corrected chi connectivity index (χ1v) is 9.08. The van der Waals surface area contributed by atoms with Gasteiger partial charge in [0.05, 0.1) is 18.5 Å². The van der Waals surface area contributed by atoms with Crippen molar-refractivity contribution in [3.8, 4) is 11.4 Å². The molecule has 1 aromatic heterocycles. The average molecular weight is 410 g/mol.